The first kappa shape index (κ1) is 50.6. The molecule has 0 atom stereocenters. The van der Waals surface area contributed by atoms with Crippen molar-refractivity contribution in [3.63, 3.8) is 0 Å². The molecule has 0 radical (unpaired) electrons. The van der Waals surface area contributed by atoms with Crippen molar-refractivity contribution in [3.05, 3.63) is 177 Å². The molecule has 0 aromatic heterocycles. The van der Waals surface area contributed by atoms with Gasteiger partial charge in [0.25, 0.3) is 0 Å². The Balaban J connectivity index is 1.66. The van der Waals surface area contributed by atoms with Gasteiger partial charge >= 0.3 is 5.97 Å². The molecule has 0 spiro atoms. The molecular weight excluding hydrogens is 1040 g/mol. The van der Waals surface area contributed by atoms with E-state index in [1.165, 1.54) is 12.1 Å². The topological polar surface area (TPSA) is 65.0 Å². The molecule has 70 heavy (non-hydrogen) atoms. The fourth-order valence-electron chi connectivity index (χ4n) is 6.09. The standard InChI is InChI=1S/C43H10F20O5S2/c44-18-16(19(45)23(49)26(52)22(18)48)13-15(43(65)68-70-12-8-6-11(7-9-12)69-10-4-2-1-3-5-10)14(17-20(46)24(50)27(53)25(51)21(17)47)39(66-40-34(60)30(56)28(54)31(57)35(40)61)42(38(13)64)67-41-36(62)32(58)29(55)33(59)37(41)63/h1-9,64H. The van der Waals surface area contributed by atoms with Crippen LogP contribution in [-0.2, 0) is 4.18 Å². The van der Waals surface area contributed by atoms with Crippen LogP contribution in [0.3, 0.4) is 0 Å². The monoisotopic (exact) mass is 1050 g/mol. The van der Waals surface area contributed by atoms with Gasteiger partial charge in [-0.05, 0) is 36.4 Å². The predicted molar refractivity (Wildman–Crippen MR) is 199 cm³/mol. The highest BCUT2D eigenvalue weighted by atomic mass is 32.2. The van der Waals surface area contributed by atoms with Gasteiger partial charge in [0, 0.05) is 25.8 Å². The molecule has 0 aliphatic rings. The molecule has 0 aliphatic heterocycles. The summed E-state index contributed by atoms with van der Waals surface area (Å²) in [6.07, 6.45) is 0. The molecule has 0 fully saturated rings. The minimum absolute atomic E-state index is 0.261. The largest absolute Gasteiger partial charge is 0.504 e. The summed E-state index contributed by atoms with van der Waals surface area (Å²) in [5, 5.41) is 11.7. The van der Waals surface area contributed by atoms with Gasteiger partial charge in [-0.1, -0.05) is 30.0 Å². The highest BCUT2D eigenvalue weighted by molar-refractivity contribution is 7.99. The van der Waals surface area contributed by atoms with E-state index in [0.717, 1.165) is 23.9 Å². The molecule has 0 amide bonds. The minimum Gasteiger partial charge on any atom is -0.504 e. The number of carbonyl (C=O) groups excluding carboxylic acids is 1. The number of aromatic hydroxyl groups is 1. The third kappa shape index (κ3) is 8.49. The van der Waals surface area contributed by atoms with Crippen molar-refractivity contribution in [2.45, 2.75) is 14.7 Å². The molecule has 27 heteroatoms. The molecule has 0 heterocycles. The van der Waals surface area contributed by atoms with Crippen LogP contribution >= 0.6 is 23.8 Å². The molecule has 0 aliphatic carbocycles. The summed E-state index contributed by atoms with van der Waals surface area (Å²) in [4.78, 5) is 15.2. The summed E-state index contributed by atoms with van der Waals surface area (Å²) >= 11 is 0.865. The number of hydrogen-bond donors (Lipinski definition) is 1. The molecule has 1 N–H and O–H groups in total. The third-order valence-corrected chi connectivity index (χ3v) is 11.0. The van der Waals surface area contributed by atoms with Crippen LogP contribution in [0.5, 0.6) is 28.7 Å². The number of phenolic OH excluding ortho intramolecular Hbond substituents is 1. The Morgan fingerprint density at radius 2 is 0.657 bits per heavy atom. The summed E-state index contributed by atoms with van der Waals surface area (Å²) in [6, 6.07) is 13.1. The van der Waals surface area contributed by atoms with E-state index in [1.807, 2.05) is 0 Å². The van der Waals surface area contributed by atoms with E-state index in [0.29, 0.717) is 9.79 Å². The zero-order valence-electron chi connectivity index (χ0n) is 32.7. The van der Waals surface area contributed by atoms with Crippen LogP contribution < -0.4 is 9.47 Å². The molecule has 5 nitrogen and oxygen atoms in total. The van der Waals surface area contributed by atoms with Crippen LogP contribution in [0.1, 0.15) is 10.4 Å². The Morgan fingerprint density at radius 3 is 1.06 bits per heavy atom. The fourth-order valence-corrected chi connectivity index (χ4v) is 7.43. The quantitative estimate of drug-likeness (QED) is 0.0599. The van der Waals surface area contributed by atoms with Gasteiger partial charge in [0.2, 0.25) is 87.1 Å². The Hall–Kier alpha value is -7.29. The van der Waals surface area contributed by atoms with Crippen molar-refractivity contribution >= 4 is 29.8 Å². The molecule has 7 aromatic rings. The maximum Gasteiger partial charge on any atom is 0.352 e. The van der Waals surface area contributed by atoms with E-state index in [4.69, 9.17) is 4.18 Å². The van der Waals surface area contributed by atoms with Crippen LogP contribution in [0.2, 0.25) is 0 Å². The van der Waals surface area contributed by atoms with E-state index >= 15 is 43.9 Å². The van der Waals surface area contributed by atoms with Gasteiger partial charge in [0.15, 0.2) is 58.0 Å². The number of benzene rings is 7. The second kappa shape index (κ2) is 19.2. The number of hydrogen-bond acceptors (Lipinski definition) is 7. The Bertz CT molecular complexity index is 3230. The molecule has 0 unspecified atom stereocenters. The highest BCUT2D eigenvalue weighted by Crippen LogP contribution is 2.58. The molecule has 0 saturated heterocycles. The average Bonchev–Trinajstić information content (AvgIpc) is 3.35. The van der Waals surface area contributed by atoms with Gasteiger partial charge in [-0.3, -0.25) is 0 Å². The highest BCUT2D eigenvalue weighted by Gasteiger charge is 2.43. The molecule has 0 saturated carbocycles. The first-order valence-corrected chi connectivity index (χ1v) is 19.5. The fraction of sp³-hybridized carbons (Fsp3) is 0. The maximum absolute atomic E-state index is 16.1. The summed E-state index contributed by atoms with van der Waals surface area (Å²) in [5.41, 5.74) is -13.6. The lowest BCUT2D eigenvalue weighted by Gasteiger charge is -2.25. The van der Waals surface area contributed by atoms with Gasteiger partial charge in [0.1, 0.15) is 0 Å². The number of carbonyl (C=O) groups is 1. The second-order valence-electron chi connectivity index (χ2n) is 13.4. The van der Waals surface area contributed by atoms with Crippen molar-refractivity contribution in [3.8, 4) is 51.0 Å². The number of rotatable bonds is 11. The lowest BCUT2D eigenvalue weighted by Crippen LogP contribution is -2.15. The summed E-state index contributed by atoms with van der Waals surface area (Å²) in [5.74, 6) is -80.1. The smallest absolute Gasteiger partial charge is 0.352 e. The van der Waals surface area contributed by atoms with Gasteiger partial charge in [-0.25, -0.2) is 75.0 Å². The van der Waals surface area contributed by atoms with Crippen molar-refractivity contribution in [1.82, 2.24) is 0 Å². The maximum atomic E-state index is 16.1. The Labute approximate surface area is 382 Å². The first-order chi connectivity index (χ1) is 32.9. The predicted octanol–water partition coefficient (Wildman–Crippen LogP) is 15.1. The van der Waals surface area contributed by atoms with E-state index < -0.39 is 179 Å². The van der Waals surface area contributed by atoms with Crippen LogP contribution in [-0.4, -0.2) is 11.1 Å². The first-order valence-electron chi connectivity index (χ1n) is 18.0. The van der Waals surface area contributed by atoms with Crippen LogP contribution in [0, 0.1) is 116 Å². The lowest BCUT2D eigenvalue weighted by molar-refractivity contribution is 0.0768. The van der Waals surface area contributed by atoms with Crippen molar-refractivity contribution in [1.29, 1.82) is 0 Å². The average molecular weight is 1050 g/mol. The summed E-state index contributed by atoms with van der Waals surface area (Å²) in [6.45, 7) is 0. The zero-order valence-corrected chi connectivity index (χ0v) is 34.3. The number of phenols is 1. The summed E-state index contributed by atoms with van der Waals surface area (Å²) < 4.78 is 315. The number of ether oxygens (including phenoxy) is 2. The zero-order chi connectivity index (χ0) is 51.5. The Kier molecular flexibility index (Phi) is 13.9. The van der Waals surface area contributed by atoms with Gasteiger partial charge in [-0.15, -0.1) is 0 Å². The lowest BCUT2D eigenvalue weighted by atomic mass is 9.88. The van der Waals surface area contributed by atoms with E-state index in [-0.39, 0.29) is 16.9 Å². The number of halogens is 20. The molecule has 7 aromatic carbocycles. The third-order valence-electron chi connectivity index (χ3n) is 9.27. The van der Waals surface area contributed by atoms with Crippen LogP contribution in [0.25, 0.3) is 22.3 Å². The van der Waals surface area contributed by atoms with Crippen LogP contribution in [0.15, 0.2) is 69.3 Å². The molecular formula is C43H10F20O5S2. The normalized spacial score (nSPS) is 11.4. The second-order valence-corrected chi connectivity index (χ2v) is 15.3. The van der Waals surface area contributed by atoms with Gasteiger partial charge in [-0.2, -0.15) is 17.6 Å². The van der Waals surface area contributed by atoms with Crippen LogP contribution in [0.4, 0.5) is 87.8 Å². The SMILES string of the molecule is O=C(OSc1ccc(Sc2ccccc2)cc1)c1c(-c2c(F)c(F)c(F)c(F)c2F)c(O)c(Oc2c(F)c(F)c(F)c(F)c2F)c(Oc2c(F)c(F)c(F)c(F)c2F)c1-c1c(F)c(F)c(F)c(F)c1F. The minimum atomic E-state index is -3.27. The van der Waals surface area contributed by atoms with Crippen molar-refractivity contribution in [2.24, 2.45) is 0 Å². The summed E-state index contributed by atoms with van der Waals surface area (Å²) in [7, 11) is 0. The van der Waals surface area contributed by atoms with E-state index in [1.54, 1.807) is 30.3 Å². The van der Waals surface area contributed by atoms with E-state index in [9.17, 15) is 53.8 Å². The van der Waals surface area contributed by atoms with Gasteiger partial charge in [0.05, 0.1) is 28.7 Å². The van der Waals surface area contributed by atoms with Crippen molar-refractivity contribution < 1.29 is 111 Å². The van der Waals surface area contributed by atoms with E-state index in [2.05, 4.69) is 9.47 Å². The molecule has 0 bridgehead atoms. The van der Waals surface area contributed by atoms with Gasteiger partial charge < -0.3 is 18.8 Å². The molecule has 364 valence electrons. The molecule has 7 rings (SSSR count). The van der Waals surface area contributed by atoms with Crippen molar-refractivity contribution in [2.75, 3.05) is 0 Å². The Morgan fingerprint density at radius 1 is 0.343 bits per heavy atom.